The predicted octanol–water partition coefficient (Wildman–Crippen LogP) is 0.101. The summed E-state index contributed by atoms with van der Waals surface area (Å²) in [6.45, 7) is 1.10. The highest BCUT2D eigenvalue weighted by molar-refractivity contribution is 5.85. The van der Waals surface area contributed by atoms with Crippen LogP contribution in [0, 0.1) is 0 Å². The Balaban J connectivity index is 0.000000640. The van der Waals surface area contributed by atoms with Gasteiger partial charge in [-0.2, -0.15) is 0 Å². The van der Waals surface area contributed by atoms with Crippen molar-refractivity contribution in [1.82, 2.24) is 5.32 Å². The van der Waals surface area contributed by atoms with Crippen molar-refractivity contribution >= 4 is 12.4 Å². The molecule has 1 aliphatic heterocycles. The highest BCUT2D eigenvalue weighted by atomic mass is 35.5. The lowest BCUT2D eigenvalue weighted by atomic mass is 10.1. The molecule has 1 fully saturated rings. The summed E-state index contributed by atoms with van der Waals surface area (Å²) in [6, 6.07) is 0. The zero-order chi connectivity index (χ0) is 5.98. The van der Waals surface area contributed by atoms with E-state index < -0.39 is 12.3 Å². The Morgan fingerprint density at radius 1 is 1.56 bits per heavy atom. The molecule has 1 saturated heterocycles. The molecule has 2 nitrogen and oxygen atoms in total. The van der Waals surface area contributed by atoms with Crippen LogP contribution >= 0.6 is 12.4 Å². The van der Waals surface area contributed by atoms with Crippen LogP contribution in [0.2, 0.25) is 0 Å². The number of hydrogen-bond acceptors (Lipinski definition) is 2. The van der Waals surface area contributed by atoms with Gasteiger partial charge in [-0.05, 0) is 13.0 Å². The molecule has 4 heteroatoms. The smallest absolute Gasteiger partial charge is 0.128 e. The average molecular weight is 156 g/mol. The molecule has 1 heterocycles. The molecule has 0 amide bonds. The third kappa shape index (κ3) is 2.47. The van der Waals surface area contributed by atoms with E-state index in [1.165, 1.54) is 0 Å². The minimum Gasteiger partial charge on any atom is -0.389 e. The zero-order valence-electron chi connectivity index (χ0n) is 5.01. The Kier molecular flexibility index (Phi) is 4.10. The Morgan fingerprint density at radius 3 is 2.56 bits per heavy atom. The lowest BCUT2D eigenvalue weighted by Crippen LogP contribution is -2.41. The van der Waals surface area contributed by atoms with E-state index in [9.17, 15) is 4.39 Å². The van der Waals surface area contributed by atoms with Crippen molar-refractivity contribution in [1.29, 1.82) is 0 Å². The molecule has 0 aromatic heterocycles. The summed E-state index contributed by atoms with van der Waals surface area (Å²) in [7, 11) is 0. The van der Waals surface area contributed by atoms with Crippen molar-refractivity contribution < 1.29 is 9.50 Å². The summed E-state index contributed by atoms with van der Waals surface area (Å²) in [5, 5.41) is 11.6. The van der Waals surface area contributed by atoms with Gasteiger partial charge in [0.25, 0.3) is 0 Å². The average Bonchev–Trinajstić information content (AvgIpc) is 1.77. The Bertz CT molecular complexity index is 73.4. The summed E-state index contributed by atoms with van der Waals surface area (Å²) >= 11 is 0. The monoisotopic (exact) mass is 155 g/mol. The third-order valence-corrected chi connectivity index (χ3v) is 1.37. The molecule has 1 rings (SSSR count). The van der Waals surface area contributed by atoms with Gasteiger partial charge >= 0.3 is 0 Å². The number of hydrogen-bond donors (Lipinski definition) is 2. The van der Waals surface area contributed by atoms with Gasteiger partial charge in [0.2, 0.25) is 0 Å². The lowest BCUT2D eigenvalue weighted by Gasteiger charge is -2.21. The maximum absolute atomic E-state index is 12.3. The molecular weight excluding hydrogens is 145 g/mol. The number of rotatable bonds is 0. The number of aliphatic hydroxyl groups excluding tert-OH is 1. The standard InChI is InChI=1S/C5H10FNO.ClH/c6-4-1-2-7-3-5(4)8;/h4-5,7-8H,1-3H2;1H/t4-,5+;/m1./s1. The van der Waals surface area contributed by atoms with Gasteiger partial charge in [-0.25, -0.2) is 4.39 Å². The number of piperidine rings is 1. The second kappa shape index (κ2) is 4.04. The van der Waals surface area contributed by atoms with Gasteiger partial charge in [0.05, 0.1) is 6.10 Å². The first-order valence-electron chi connectivity index (χ1n) is 2.83. The lowest BCUT2D eigenvalue weighted by molar-refractivity contribution is 0.0549. The van der Waals surface area contributed by atoms with E-state index in [2.05, 4.69) is 5.32 Å². The zero-order valence-corrected chi connectivity index (χ0v) is 5.83. The number of β-amino-alcohol motifs (C(OH)–C–C–N with tert-alkyl or cyclic N) is 1. The normalized spacial score (nSPS) is 35.3. The van der Waals surface area contributed by atoms with E-state index >= 15 is 0 Å². The van der Waals surface area contributed by atoms with Crippen LogP contribution in [0.15, 0.2) is 0 Å². The molecule has 0 bridgehead atoms. The third-order valence-electron chi connectivity index (χ3n) is 1.37. The summed E-state index contributed by atoms with van der Waals surface area (Å²) in [5.74, 6) is 0. The summed E-state index contributed by atoms with van der Waals surface area (Å²) in [5.41, 5.74) is 0. The van der Waals surface area contributed by atoms with E-state index in [4.69, 9.17) is 5.11 Å². The van der Waals surface area contributed by atoms with Gasteiger partial charge in [0.1, 0.15) is 6.17 Å². The minimum absolute atomic E-state index is 0. The fourth-order valence-corrected chi connectivity index (χ4v) is 0.810. The first kappa shape index (κ1) is 9.14. The number of alkyl halides is 1. The van der Waals surface area contributed by atoms with E-state index in [0.29, 0.717) is 19.5 Å². The van der Waals surface area contributed by atoms with Crippen molar-refractivity contribution in [2.24, 2.45) is 0 Å². The quantitative estimate of drug-likeness (QED) is 0.520. The second-order valence-corrected chi connectivity index (χ2v) is 2.08. The fourth-order valence-electron chi connectivity index (χ4n) is 0.810. The van der Waals surface area contributed by atoms with E-state index in [1.807, 2.05) is 0 Å². The van der Waals surface area contributed by atoms with Gasteiger partial charge in [-0.15, -0.1) is 12.4 Å². The van der Waals surface area contributed by atoms with Gasteiger partial charge in [0.15, 0.2) is 0 Å². The van der Waals surface area contributed by atoms with Gasteiger partial charge < -0.3 is 10.4 Å². The van der Waals surface area contributed by atoms with Crippen molar-refractivity contribution in [2.75, 3.05) is 13.1 Å². The molecule has 56 valence electrons. The molecule has 0 spiro atoms. The van der Waals surface area contributed by atoms with Gasteiger partial charge in [0, 0.05) is 6.54 Å². The van der Waals surface area contributed by atoms with Crippen molar-refractivity contribution in [3.05, 3.63) is 0 Å². The molecule has 2 atom stereocenters. The van der Waals surface area contributed by atoms with E-state index in [-0.39, 0.29) is 12.4 Å². The van der Waals surface area contributed by atoms with Crippen LogP contribution < -0.4 is 5.32 Å². The van der Waals surface area contributed by atoms with Crippen LogP contribution in [-0.2, 0) is 0 Å². The molecule has 0 aliphatic carbocycles. The van der Waals surface area contributed by atoms with Crippen LogP contribution in [0.3, 0.4) is 0 Å². The maximum Gasteiger partial charge on any atom is 0.128 e. The molecule has 0 radical (unpaired) electrons. The highest BCUT2D eigenvalue weighted by Crippen LogP contribution is 2.06. The number of nitrogens with one attached hydrogen (secondary N) is 1. The SMILES string of the molecule is Cl.O[C@H]1CNCC[C@H]1F. The van der Waals surface area contributed by atoms with Crippen molar-refractivity contribution in [3.8, 4) is 0 Å². The van der Waals surface area contributed by atoms with Crippen LogP contribution in [-0.4, -0.2) is 30.5 Å². The Morgan fingerprint density at radius 2 is 2.22 bits per heavy atom. The number of halogens is 2. The largest absolute Gasteiger partial charge is 0.389 e. The predicted molar refractivity (Wildman–Crippen MR) is 35.6 cm³/mol. The molecule has 1 aliphatic rings. The Labute approximate surface area is 59.9 Å². The Hall–Kier alpha value is 0.140. The first-order chi connectivity index (χ1) is 3.80. The summed E-state index contributed by atoms with van der Waals surface area (Å²) in [6.07, 6.45) is -1.33. The van der Waals surface area contributed by atoms with Crippen LogP contribution in [0.1, 0.15) is 6.42 Å². The fraction of sp³-hybridized carbons (Fsp3) is 1.00. The minimum atomic E-state index is -1.00. The van der Waals surface area contributed by atoms with Crippen LogP contribution in [0.5, 0.6) is 0 Å². The molecule has 0 aromatic rings. The van der Waals surface area contributed by atoms with Crippen LogP contribution in [0.25, 0.3) is 0 Å². The van der Waals surface area contributed by atoms with E-state index in [0.717, 1.165) is 0 Å². The molecule has 0 aromatic carbocycles. The molecular formula is C5H11ClFNO. The van der Waals surface area contributed by atoms with Gasteiger partial charge in [-0.3, -0.25) is 0 Å². The molecule has 2 N–H and O–H groups in total. The topological polar surface area (TPSA) is 32.3 Å². The molecule has 0 unspecified atom stereocenters. The van der Waals surface area contributed by atoms with Crippen molar-refractivity contribution in [3.63, 3.8) is 0 Å². The van der Waals surface area contributed by atoms with E-state index in [1.54, 1.807) is 0 Å². The highest BCUT2D eigenvalue weighted by Gasteiger charge is 2.20. The maximum atomic E-state index is 12.3. The second-order valence-electron chi connectivity index (χ2n) is 2.08. The van der Waals surface area contributed by atoms with Gasteiger partial charge in [-0.1, -0.05) is 0 Å². The number of aliphatic hydroxyl groups is 1. The first-order valence-corrected chi connectivity index (χ1v) is 2.83. The van der Waals surface area contributed by atoms with Crippen LogP contribution in [0.4, 0.5) is 4.39 Å². The summed E-state index contributed by atoms with van der Waals surface area (Å²) < 4.78 is 12.3. The van der Waals surface area contributed by atoms with Crippen molar-refractivity contribution in [2.45, 2.75) is 18.7 Å². The molecule has 0 saturated carbocycles. The molecule has 9 heavy (non-hydrogen) atoms. The summed E-state index contributed by atoms with van der Waals surface area (Å²) in [4.78, 5) is 0.